The van der Waals surface area contributed by atoms with Gasteiger partial charge in [-0.15, -0.1) is 11.8 Å². The number of amides is 2. The van der Waals surface area contributed by atoms with Gasteiger partial charge in [0.15, 0.2) is 0 Å². The van der Waals surface area contributed by atoms with E-state index >= 15 is 0 Å². The second-order valence-electron chi connectivity index (χ2n) is 6.43. The van der Waals surface area contributed by atoms with Gasteiger partial charge in [0, 0.05) is 36.1 Å². The lowest BCUT2D eigenvalue weighted by molar-refractivity contribution is -0.113. The number of benzene rings is 2. The molecular weight excluding hydrogens is 346 g/mol. The van der Waals surface area contributed by atoms with Gasteiger partial charge in [-0.2, -0.15) is 0 Å². The molecule has 0 bridgehead atoms. The van der Waals surface area contributed by atoms with Crippen LogP contribution in [0.15, 0.2) is 53.4 Å². The van der Waals surface area contributed by atoms with Crippen molar-refractivity contribution in [2.45, 2.75) is 11.8 Å². The van der Waals surface area contributed by atoms with E-state index in [-0.39, 0.29) is 17.6 Å². The number of carbonyl (C=O) groups excluding carboxylic acids is 2. The molecule has 3 rings (SSSR count). The van der Waals surface area contributed by atoms with Crippen LogP contribution in [-0.4, -0.2) is 37.2 Å². The fraction of sp³-hybridized carbons (Fsp3) is 0.300. The van der Waals surface area contributed by atoms with Crippen molar-refractivity contribution in [3.05, 3.63) is 59.7 Å². The van der Waals surface area contributed by atoms with Crippen molar-refractivity contribution in [2.75, 3.05) is 30.7 Å². The van der Waals surface area contributed by atoms with Crippen LogP contribution in [0.25, 0.3) is 0 Å². The summed E-state index contributed by atoms with van der Waals surface area (Å²) in [7, 11) is 0. The molecule has 26 heavy (non-hydrogen) atoms. The molecule has 1 heterocycles. The summed E-state index contributed by atoms with van der Waals surface area (Å²) in [6, 6.07) is 15.1. The van der Waals surface area contributed by atoms with Crippen molar-refractivity contribution in [3.8, 4) is 0 Å². The van der Waals surface area contributed by atoms with Gasteiger partial charge in [0.2, 0.25) is 5.91 Å². The van der Waals surface area contributed by atoms with Gasteiger partial charge in [-0.25, -0.2) is 0 Å². The molecule has 0 atom stereocenters. The molecule has 0 aromatic heterocycles. The minimum absolute atomic E-state index is 0.0843. The zero-order valence-electron chi connectivity index (χ0n) is 14.7. The lowest BCUT2D eigenvalue weighted by Gasteiger charge is -2.27. The van der Waals surface area contributed by atoms with Crippen molar-refractivity contribution >= 4 is 29.3 Å². The zero-order valence-corrected chi connectivity index (χ0v) is 15.6. The third kappa shape index (κ3) is 5.09. The molecule has 5 nitrogen and oxygen atoms in total. The van der Waals surface area contributed by atoms with Crippen molar-refractivity contribution in [1.82, 2.24) is 10.6 Å². The summed E-state index contributed by atoms with van der Waals surface area (Å²) in [5.41, 5.74) is 2.55. The monoisotopic (exact) mass is 369 g/mol. The summed E-state index contributed by atoms with van der Waals surface area (Å²) in [6.07, 6.45) is 0. The molecule has 0 saturated carbocycles. The normalized spacial score (nSPS) is 13.7. The SMILES string of the molecule is Cc1ccc(NC(=O)CSc2ccccc2C(=O)NCC2CNC2)cc1. The fourth-order valence-corrected chi connectivity index (χ4v) is 3.43. The topological polar surface area (TPSA) is 70.2 Å². The van der Waals surface area contributed by atoms with Crippen LogP contribution in [0.5, 0.6) is 0 Å². The lowest BCUT2D eigenvalue weighted by atomic mass is 10.0. The highest BCUT2D eigenvalue weighted by molar-refractivity contribution is 8.00. The highest BCUT2D eigenvalue weighted by Crippen LogP contribution is 2.23. The van der Waals surface area contributed by atoms with Crippen LogP contribution >= 0.6 is 11.8 Å². The molecule has 0 spiro atoms. The third-order valence-corrected chi connectivity index (χ3v) is 5.32. The molecule has 1 aliphatic heterocycles. The van der Waals surface area contributed by atoms with Gasteiger partial charge >= 0.3 is 0 Å². The average Bonchev–Trinajstić information content (AvgIpc) is 2.61. The molecule has 1 fully saturated rings. The Hall–Kier alpha value is -2.31. The van der Waals surface area contributed by atoms with Crippen molar-refractivity contribution in [2.24, 2.45) is 5.92 Å². The Morgan fingerprint density at radius 2 is 1.85 bits per heavy atom. The first-order valence-corrected chi connectivity index (χ1v) is 9.67. The first kappa shape index (κ1) is 18.5. The van der Waals surface area contributed by atoms with Crippen molar-refractivity contribution in [1.29, 1.82) is 0 Å². The molecule has 0 aliphatic carbocycles. The van der Waals surface area contributed by atoms with Crippen LogP contribution in [0.4, 0.5) is 5.69 Å². The first-order valence-electron chi connectivity index (χ1n) is 8.69. The molecule has 2 amide bonds. The number of aryl methyl sites for hydroxylation is 1. The average molecular weight is 369 g/mol. The summed E-state index contributed by atoms with van der Waals surface area (Å²) < 4.78 is 0. The smallest absolute Gasteiger partial charge is 0.252 e. The van der Waals surface area contributed by atoms with Gasteiger partial charge in [0.1, 0.15) is 0 Å². The molecule has 0 unspecified atom stereocenters. The quantitative estimate of drug-likeness (QED) is 0.656. The number of rotatable bonds is 7. The van der Waals surface area contributed by atoms with E-state index in [2.05, 4.69) is 16.0 Å². The van der Waals surface area contributed by atoms with E-state index < -0.39 is 0 Å². The number of anilines is 1. The van der Waals surface area contributed by atoms with Gasteiger partial charge in [-0.1, -0.05) is 29.8 Å². The largest absolute Gasteiger partial charge is 0.352 e. The van der Waals surface area contributed by atoms with Crippen LogP contribution in [0.3, 0.4) is 0 Å². The number of thioether (sulfide) groups is 1. The molecule has 0 radical (unpaired) electrons. The van der Waals surface area contributed by atoms with Gasteiger partial charge in [0.25, 0.3) is 5.91 Å². The van der Waals surface area contributed by atoms with Crippen LogP contribution in [0.1, 0.15) is 15.9 Å². The summed E-state index contributed by atoms with van der Waals surface area (Å²) in [5, 5.41) is 9.05. The van der Waals surface area contributed by atoms with E-state index in [0.29, 0.717) is 18.0 Å². The molecule has 1 saturated heterocycles. The Morgan fingerprint density at radius 1 is 1.12 bits per heavy atom. The summed E-state index contributed by atoms with van der Waals surface area (Å²) in [4.78, 5) is 25.4. The van der Waals surface area contributed by atoms with E-state index in [1.807, 2.05) is 49.4 Å². The summed E-state index contributed by atoms with van der Waals surface area (Å²) >= 11 is 1.37. The Morgan fingerprint density at radius 3 is 2.54 bits per heavy atom. The molecular formula is C20H23N3O2S. The second kappa shape index (κ2) is 8.87. The van der Waals surface area contributed by atoms with E-state index in [0.717, 1.165) is 29.2 Å². The first-order chi connectivity index (χ1) is 12.6. The minimum Gasteiger partial charge on any atom is -0.352 e. The Labute approximate surface area is 157 Å². The van der Waals surface area contributed by atoms with Crippen LogP contribution in [-0.2, 0) is 4.79 Å². The van der Waals surface area contributed by atoms with Crippen LogP contribution < -0.4 is 16.0 Å². The predicted octanol–water partition coefficient (Wildman–Crippen LogP) is 2.68. The Balaban J connectivity index is 1.54. The minimum atomic E-state index is -0.0883. The number of hydrogen-bond donors (Lipinski definition) is 3. The van der Waals surface area contributed by atoms with Crippen molar-refractivity contribution in [3.63, 3.8) is 0 Å². The van der Waals surface area contributed by atoms with Gasteiger partial charge in [-0.3, -0.25) is 9.59 Å². The van der Waals surface area contributed by atoms with Crippen LogP contribution in [0.2, 0.25) is 0 Å². The summed E-state index contributed by atoms with van der Waals surface area (Å²) in [6.45, 7) is 4.59. The molecule has 136 valence electrons. The molecule has 3 N–H and O–H groups in total. The number of nitrogens with one attached hydrogen (secondary N) is 3. The molecule has 2 aromatic rings. The van der Waals surface area contributed by atoms with E-state index in [1.165, 1.54) is 11.8 Å². The highest BCUT2D eigenvalue weighted by Gasteiger charge is 2.19. The standard InChI is InChI=1S/C20H23N3O2S/c1-14-6-8-16(9-7-14)23-19(24)13-26-18-5-3-2-4-17(18)20(25)22-12-15-10-21-11-15/h2-9,15,21H,10-13H2,1H3,(H,22,25)(H,23,24). The van der Waals surface area contributed by atoms with Gasteiger partial charge in [0.05, 0.1) is 11.3 Å². The summed E-state index contributed by atoms with van der Waals surface area (Å²) in [5.74, 6) is 0.595. The lowest BCUT2D eigenvalue weighted by Crippen LogP contribution is -2.48. The molecule has 6 heteroatoms. The second-order valence-corrected chi connectivity index (χ2v) is 7.45. The fourth-order valence-electron chi connectivity index (χ4n) is 2.58. The maximum absolute atomic E-state index is 12.4. The van der Waals surface area contributed by atoms with E-state index in [4.69, 9.17) is 0 Å². The molecule has 2 aromatic carbocycles. The Kier molecular flexibility index (Phi) is 6.30. The van der Waals surface area contributed by atoms with Crippen LogP contribution in [0, 0.1) is 12.8 Å². The van der Waals surface area contributed by atoms with E-state index in [1.54, 1.807) is 6.07 Å². The zero-order chi connectivity index (χ0) is 18.4. The number of hydrogen-bond acceptors (Lipinski definition) is 4. The van der Waals surface area contributed by atoms with Gasteiger partial charge in [-0.05, 0) is 31.2 Å². The molecule has 1 aliphatic rings. The Bertz CT molecular complexity index is 773. The predicted molar refractivity (Wildman–Crippen MR) is 106 cm³/mol. The highest BCUT2D eigenvalue weighted by atomic mass is 32.2. The van der Waals surface area contributed by atoms with Gasteiger partial charge < -0.3 is 16.0 Å². The maximum Gasteiger partial charge on any atom is 0.252 e. The van der Waals surface area contributed by atoms with Crippen molar-refractivity contribution < 1.29 is 9.59 Å². The number of carbonyl (C=O) groups is 2. The maximum atomic E-state index is 12.4. The van der Waals surface area contributed by atoms with E-state index in [9.17, 15) is 9.59 Å². The third-order valence-electron chi connectivity index (χ3n) is 4.24.